The fourth-order valence-corrected chi connectivity index (χ4v) is 4.88. The van der Waals surface area contributed by atoms with Gasteiger partial charge in [0, 0.05) is 24.7 Å². The van der Waals surface area contributed by atoms with Gasteiger partial charge in [0.05, 0.1) is 5.69 Å². The summed E-state index contributed by atoms with van der Waals surface area (Å²) in [4.78, 5) is 28.1. The Morgan fingerprint density at radius 3 is 2.37 bits per heavy atom. The number of rotatable bonds is 13. The summed E-state index contributed by atoms with van der Waals surface area (Å²) in [7, 11) is 0. The van der Waals surface area contributed by atoms with Gasteiger partial charge < -0.3 is 20.3 Å². The fraction of sp³-hybridized carbons (Fsp3) is 0.484. The molecule has 0 spiro atoms. The molecule has 2 aromatic carbocycles. The van der Waals surface area contributed by atoms with E-state index in [0.717, 1.165) is 38.9 Å². The summed E-state index contributed by atoms with van der Waals surface area (Å²) < 4.78 is 21.1. The molecular formula is C31H41FN6O3. The maximum Gasteiger partial charge on any atom is 0.273 e. The number of ether oxygens (including phenoxy) is 1. The van der Waals surface area contributed by atoms with Gasteiger partial charge in [0.15, 0.2) is 5.69 Å². The summed E-state index contributed by atoms with van der Waals surface area (Å²) in [5.74, 6) is -0.570. The monoisotopic (exact) mass is 564 g/mol. The number of hydrogen-bond acceptors (Lipinski definition) is 6. The maximum absolute atomic E-state index is 13.7. The van der Waals surface area contributed by atoms with Gasteiger partial charge >= 0.3 is 0 Å². The van der Waals surface area contributed by atoms with Crippen LogP contribution in [0.3, 0.4) is 0 Å². The molecular weight excluding hydrogens is 523 g/mol. The van der Waals surface area contributed by atoms with Crippen LogP contribution in [0.1, 0.15) is 84.8 Å². The highest BCUT2D eigenvalue weighted by Gasteiger charge is 2.22. The van der Waals surface area contributed by atoms with Gasteiger partial charge in [0.1, 0.15) is 23.9 Å². The van der Waals surface area contributed by atoms with E-state index >= 15 is 0 Å². The predicted molar refractivity (Wildman–Crippen MR) is 156 cm³/mol. The average Bonchev–Trinajstić information content (AvgIpc) is 3.39. The Morgan fingerprint density at radius 1 is 0.927 bits per heavy atom. The van der Waals surface area contributed by atoms with Crippen LogP contribution in [0.4, 0.5) is 4.39 Å². The number of aromatic nitrogens is 3. The molecule has 1 aromatic heterocycles. The Balaban J connectivity index is 1.44. The number of halogens is 1. The van der Waals surface area contributed by atoms with Crippen molar-refractivity contribution in [1.29, 1.82) is 0 Å². The normalized spacial score (nSPS) is 14.2. The van der Waals surface area contributed by atoms with Gasteiger partial charge in [-0.3, -0.25) is 9.59 Å². The molecule has 4 rings (SSSR count). The molecule has 10 heteroatoms. The van der Waals surface area contributed by atoms with Crippen LogP contribution in [0.25, 0.3) is 5.69 Å². The molecule has 1 aliphatic heterocycles. The van der Waals surface area contributed by atoms with Gasteiger partial charge in [-0.1, -0.05) is 43.9 Å². The lowest BCUT2D eigenvalue weighted by molar-refractivity contribution is 0.0939. The Morgan fingerprint density at radius 2 is 1.63 bits per heavy atom. The molecule has 2 N–H and O–H groups in total. The maximum atomic E-state index is 13.7. The molecule has 41 heavy (non-hydrogen) atoms. The van der Waals surface area contributed by atoms with E-state index in [1.165, 1.54) is 48.9 Å². The van der Waals surface area contributed by atoms with Crippen LogP contribution in [0.5, 0.6) is 5.75 Å². The quantitative estimate of drug-likeness (QED) is 0.287. The van der Waals surface area contributed by atoms with E-state index in [2.05, 4.69) is 32.8 Å². The first-order valence-electron chi connectivity index (χ1n) is 14.8. The molecule has 2 amide bonds. The van der Waals surface area contributed by atoms with E-state index in [9.17, 15) is 14.0 Å². The van der Waals surface area contributed by atoms with Crippen molar-refractivity contribution in [2.24, 2.45) is 0 Å². The fourth-order valence-electron chi connectivity index (χ4n) is 4.88. The molecule has 0 radical (unpaired) electrons. The third-order valence-electron chi connectivity index (χ3n) is 7.23. The van der Waals surface area contributed by atoms with Crippen LogP contribution in [-0.4, -0.2) is 64.4 Å². The van der Waals surface area contributed by atoms with Crippen LogP contribution in [-0.2, 0) is 6.61 Å². The summed E-state index contributed by atoms with van der Waals surface area (Å²) in [6.45, 7) is 6.34. The van der Waals surface area contributed by atoms with Crippen LogP contribution in [0.15, 0.2) is 48.5 Å². The number of carbonyl (C=O) groups is 2. The number of unbranched alkanes of at least 4 members (excludes halogenated alkanes) is 1. The van der Waals surface area contributed by atoms with E-state index in [1.54, 1.807) is 36.4 Å². The number of hydrogen-bond donors (Lipinski definition) is 2. The zero-order valence-electron chi connectivity index (χ0n) is 23.9. The molecule has 0 bridgehead atoms. The number of benzene rings is 2. The standard InChI is InChI=1S/C31H41FN6O3/c1-2-3-17-33-30(39)24-13-15-26(16-14-24)38-28(23-41-27-12-9-11-25(32)22-27)29(35-36-38)31(40)34-18-10-21-37-19-7-5-4-6-8-20-37/h9,11-16,22H,2-8,10,17-21,23H2,1H3,(H,33,39)(H,34,40). The summed E-state index contributed by atoms with van der Waals surface area (Å²) in [5.41, 5.74) is 1.72. The zero-order valence-corrected chi connectivity index (χ0v) is 23.9. The van der Waals surface area contributed by atoms with Crippen molar-refractivity contribution in [3.63, 3.8) is 0 Å². The van der Waals surface area contributed by atoms with Crippen molar-refractivity contribution in [2.45, 2.75) is 64.9 Å². The minimum atomic E-state index is -0.417. The Bertz CT molecular complexity index is 1250. The summed E-state index contributed by atoms with van der Waals surface area (Å²) in [5, 5.41) is 14.3. The van der Waals surface area contributed by atoms with Crippen molar-refractivity contribution in [3.8, 4) is 11.4 Å². The topological polar surface area (TPSA) is 101 Å². The average molecular weight is 565 g/mol. The molecule has 0 aliphatic carbocycles. The molecule has 3 aromatic rings. The predicted octanol–water partition coefficient (Wildman–Crippen LogP) is 4.90. The summed E-state index contributed by atoms with van der Waals surface area (Å²) in [6, 6.07) is 12.7. The highest BCUT2D eigenvalue weighted by Crippen LogP contribution is 2.19. The zero-order chi connectivity index (χ0) is 28.9. The first-order valence-corrected chi connectivity index (χ1v) is 14.8. The molecule has 1 fully saturated rings. The molecule has 1 saturated heterocycles. The van der Waals surface area contributed by atoms with Crippen molar-refractivity contribution in [1.82, 2.24) is 30.5 Å². The van der Waals surface area contributed by atoms with E-state index in [4.69, 9.17) is 4.74 Å². The van der Waals surface area contributed by atoms with E-state index < -0.39 is 5.82 Å². The molecule has 9 nitrogen and oxygen atoms in total. The highest BCUT2D eigenvalue weighted by atomic mass is 19.1. The van der Waals surface area contributed by atoms with Crippen molar-refractivity contribution in [2.75, 3.05) is 32.7 Å². The van der Waals surface area contributed by atoms with Gasteiger partial charge in [-0.05, 0) is 81.7 Å². The lowest BCUT2D eigenvalue weighted by Gasteiger charge is -2.24. The first kappa shape index (κ1) is 30.2. The largest absolute Gasteiger partial charge is 0.487 e. The second-order valence-electron chi connectivity index (χ2n) is 10.4. The summed E-state index contributed by atoms with van der Waals surface area (Å²) >= 11 is 0. The van der Waals surface area contributed by atoms with Crippen LogP contribution < -0.4 is 15.4 Å². The van der Waals surface area contributed by atoms with Gasteiger partial charge in [-0.25, -0.2) is 9.07 Å². The number of nitrogens with one attached hydrogen (secondary N) is 2. The third kappa shape index (κ3) is 9.11. The Labute approximate surface area is 241 Å². The van der Waals surface area contributed by atoms with Crippen molar-refractivity contribution < 1.29 is 18.7 Å². The van der Waals surface area contributed by atoms with Crippen LogP contribution >= 0.6 is 0 Å². The van der Waals surface area contributed by atoms with E-state index in [-0.39, 0.29) is 24.1 Å². The van der Waals surface area contributed by atoms with E-state index in [1.807, 2.05) is 0 Å². The SMILES string of the molecule is CCCCNC(=O)c1ccc(-n2nnc(C(=O)NCCCN3CCCCCCC3)c2COc2cccc(F)c2)cc1. The van der Waals surface area contributed by atoms with Crippen molar-refractivity contribution >= 4 is 11.8 Å². The van der Waals surface area contributed by atoms with E-state index in [0.29, 0.717) is 35.8 Å². The minimum Gasteiger partial charge on any atom is -0.487 e. The number of amides is 2. The van der Waals surface area contributed by atoms with Gasteiger partial charge in [0.2, 0.25) is 0 Å². The number of likely N-dealkylation sites (tertiary alicyclic amines) is 1. The Hall–Kier alpha value is -3.79. The van der Waals surface area contributed by atoms with Crippen LogP contribution in [0, 0.1) is 5.82 Å². The molecule has 0 atom stereocenters. The number of nitrogens with zero attached hydrogens (tertiary/aromatic N) is 4. The lowest BCUT2D eigenvalue weighted by Crippen LogP contribution is -2.32. The second-order valence-corrected chi connectivity index (χ2v) is 10.4. The smallest absolute Gasteiger partial charge is 0.273 e. The molecule has 0 unspecified atom stereocenters. The number of carbonyl (C=O) groups excluding carboxylic acids is 2. The molecule has 1 aliphatic rings. The highest BCUT2D eigenvalue weighted by molar-refractivity contribution is 5.94. The Kier molecular flexibility index (Phi) is 11.7. The summed E-state index contributed by atoms with van der Waals surface area (Å²) in [6.07, 6.45) is 9.13. The second kappa shape index (κ2) is 15.9. The van der Waals surface area contributed by atoms with Gasteiger partial charge in [0.25, 0.3) is 11.8 Å². The molecule has 2 heterocycles. The molecule has 0 saturated carbocycles. The lowest BCUT2D eigenvalue weighted by atomic mass is 10.1. The third-order valence-corrected chi connectivity index (χ3v) is 7.23. The first-order chi connectivity index (χ1) is 20.0. The molecule has 220 valence electrons. The van der Waals surface area contributed by atoms with Crippen molar-refractivity contribution in [3.05, 3.63) is 71.3 Å². The van der Waals surface area contributed by atoms with Gasteiger partial charge in [-0.15, -0.1) is 5.10 Å². The minimum absolute atomic E-state index is 0.0494. The van der Waals surface area contributed by atoms with Gasteiger partial charge in [-0.2, -0.15) is 0 Å². The van der Waals surface area contributed by atoms with Crippen LogP contribution in [0.2, 0.25) is 0 Å².